The van der Waals surface area contributed by atoms with Crippen LogP contribution in [-0.4, -0.2) is 24.0 Å². The molecule has 0 aliphatic heterocycles. The van der Waals surface area contributed by atoms with Crippen LogP contribution >= 0.6 is 11.6 Å². The lowest BCUT2D eigenvalue weighted by Gasteiger charge is -2.35. The van der Waals surface area contributed by atoms with Crippen LogP contribution in [0.5, 0.6) is 0 Å². The van der Waals surface area contributed by atoms with Gasteiger partial charge in [0.15, 0.2) is 17.7 Å². The molecule has 138 valence electrons. The number of esters is 1. The van der Waals surface area contributed by atoms with Crippen molar-refractivity contribution in [3.05, 3.63) is 34.4 Å². The number of carbonyl (C=O) groups is 2. The molecule has 1 aromatic rings. The van der Waals surface area contributed by atoms with Gasteiger partial charge in [0.2, 0.25) is 0 Å². The van der Waals surface area contributed by atoms with Crippen LogP contribution in [0.25, 0.3) is 0 Å². The molecule has 7 heteroatoms. The molecule has 1 amide bonds. The zero-order chi connectivity index (χ0) is 18.7. The lowest BCUT2D eigenvalue weighted by molar-refractivity contribution is -0.130. The van der Waals surface area contributed by atoms with E-state index in [0.29, 0.717) is 24.0 Å². The monoisotopic (exact) mass is 373 g/mol. The van der Waals surface area contributed by atoms with Gasteiger partial charge < -0.3 is 10.1 Å². The van der Waals surface area contributed by atoms with Crippen LogP contribution in [-0.2, 0) is 9.53 Å². The maximum atomic E-state index is 13.3. The highest BCUT2D eigenvalue weighted by Crippen LogP contribution is 2.29. The Bertz CT molecular complexity index is 668. The summed E-state index contributed by atoms with van der Waals surface area (Å²) in [6.45, 7) is 5.67. The van der Waals surface area contributed by atoms with Gasteiger partial charge in [0.1, 0.15) is 0 Å². The molecule has 1 saturated carbocycles. The fraction of sp³-hybridized carbons (Fsp3) is 0.556. The van der Waals surface area contributed by atoms with Gasteiger partial charge in [0.25, 0.3) is 5.91 Å². The van der Waals surface area contributed by atoms with E-state index < -0.39 is 29.6 Å². The summed E-state index contributed by atoms with van der Waals surface area (Å²) in [5.41, 5.74) is -0.320. The quantitative estimate of drug-likeness (QED) is 0.638. The van der Waals surface area contributed by atoms with Crippen LogP contribution < -0.4 is 5.32 Å². The molecule has 4 atom stereocenters. The highest BCUT2D eigenvalue weighted by molar-refractivity contribution is 6.33. The van der Waals surface area contributed by atoms with Gasteiger partial charge in [-0.05, 0) is 37.3 Å². The van der Waals surface area contributed by atoms with E-state index in [-0.39, 0.29) is 16.6 Å². The molecular formula is C18H22ClF2NO3. The van der Waals surface area contributed by atoms with E-state index in [1.807, 2.05) is 0 Å². The second-order valence-electron chi connectivity index (χ2n) is 6.68. The van der Waals surface area contributed by atoms with E-state index in [9.17, 15) is 18.4 Å². The predicted molar refractivity (Wildman–Crippen MR) is 90.4 cm³/mol. The Morgan fingerprint density at radius 2 is 1.88 bits per heavy atom. The Morgan fingerprint density at radius 1 is 1.24 bits per heavy atom. The van der Waals surface area contributed by atoms with Crippen LogP contribution in [0, 0.1) is 23.5 Å². The Hall–Kier alpha value is -1.69. The van der Waals surface area contributed by atoms with Crippen LogP contribution in [0.2, 0.25) is 5.02 Å². The van der Waals surface area contributed by atoms with Crippen molar-refractivity contribution in [1.82, 2.24) is 5.32 Å². The predicted octanol–water partition coefficient (Wildman–Crippen LogP) is 4.10. The first-order valence-corrected chi connectivity index (χ1v) is 8.74. The first kappa shape index (κ1) is 19.6. The molecule has 0 bridgehead atoms. The molecule has 1 aliphatic carbocycles. The molecule has 2 rings (SSSR count). The standard InChI is InChI=1S/C18H22ClF2NO3/c1-9-5-4-6-16(10(9)2)22-17(23)11(3)25-18(24)12-7-14(20)15(21)8-13(12)19/h7-11,16H,4-6H2,1-3H3,(H,22,23)/t9-,10+,11+,16+/m0/s1. The summed E-state index contributed by atoms with van der Waals surface area (Å²) in [6, 6.07) is 1.39. The van der Waals surface area contributed by atoms with E-state index in [1.54, 1.807) is 0 Å². The fourth-order valence-corrected chi connectivity index (χ4v) is 3.27. The smallest absolute Gasteiger partial charge is 0.340 e. The minimum Gasteiger partial charge on any atom is -0.449 e. The van der Waals surface area contributed by atoms with Gasteiger partial charge >= 0.3 is 5.97 Å². The topological polar surface area (TPSA) is 55.4 Å². The van der Waals surface area contributed by atoms with Crippen molar-refractivity contribution in [2.24, 2.45) is 11.8 Å². The Kier molecular flexibility index (Phi) is 6.38. The number of hydrogen-bond acceptors (Lipinski definition) is 3. The highest BCUT2D eigenvalue weighted by atomic mass is 35.5. The zero-order valence-electron chi connectivity index (χ0n) is 14.4. The number of benzene rings is 1. The zero-order valence-corrected chi connectivity index (χ0v) is 15.2. The molecule has 25 heavy (non-hydrogen) atoms. The van der Waals surface area contributed by atoms with Gasteiger partial charge in [-0.2, -0.15) is 0 Å². The van der Waals surface area contributed by atoms with Crippen LogP contribution in [0.3, 0.4) is 0 Å². The van der Waals surface area contributed by atoms with E-state index in [2.05, 4.69) is 19.2 Å². The minimum atomic E-state index is -1.21. The molecule has 1 fully saturated rings. The van der Waals surface area contributed by atoms with Crippen molar-refractivity contribution in [3.63, 3.8) is 0 Å². The number of amides is 1. The Labute approximate surface area is 150 Å². The summed E-state index contributed by atoms with van der Waals surface area (Å²) >= 11 is 5.74. The summed E-state index contributed by atoms with van der Waals surface area (Å²) in [5, 5.41) is 2.64. The highest BCUT2D eigenvalue weighted by Gasteiger charge is 2.30. The van der Waals surface area contributed by atoms with Crippen LogP contribution in [0.15, 0.2) is 12.1 Å². The average Bonchev–Trinajstić information content (AvgIpc) is 2.54. The second kappa shape index (κ2) is 8.13. The first-order valence-electron chi connectivity index (χ1n) is 8.36. The molecule has 0 spiro atoms. The third-order valence-electron chi connectivity index (χ3n) is 4.92. The Balaban J connectivity index is 1.99. The van der Waals surface area contributed by atoms with Gasteiger partial charge in [-0.1, -0.05) is 38.3 Å². The number of rotatable bonds is 4. The number of carbonyl (C=O) groups excluding carboxylic acids is 2. The third-order valence-corrected chi connectivity index (χ3v) is 5.23. The van der Waals surface area contributed by atoms with Crippen molar-refractivity contribution in [2.75, 3.05) is 0 Å². The summed E-state index contributed by atoms with van der Waals surface area (Å²) in [5.74, 6) is -2.92. The van der Waals surface area contributed by atoms with Crippen molar-refractivity contribution in [1.29, 1.82) is 0 Å². The maximum absolute atomic E-state index is 13.3. The average molecular weight is 374 g/mol. The van der Waals surface area contributed by atoms with E-state index >= 15 is 0 Å². The summed E-state index contributed by atoms with van der Waals surface area (Å²) in [6.07, 6.45) is 1.98. The molecule has 1 aliphatic rings. The number of nitrogens with one attached hydrogen (secondary N) is 1. The maximum Gasteiger partial charge on any atom is 0.340 e. The summed E-state index contributed by atoms with van der Waals surface area (Å²) in [4.78, 5) is 24.4. The molecule has 0 radical (unpaired) electrons. The summed E-state index contributed by atoms with van der Waals surface area (Å²) < 4.78 is 31.4. The molecule has 0 heterocycles. The number of hydrogen-bond donors (Lipinski definition) is 1. The number of halogens is 3. The van der Waals surface area contributed by atoms with Crippen LogP contribution in [0.1, 0.15) is 50.4 Å². The lowest BCUT2D eigenvalue weighted by atomic mass is 9.78. The fourth-order valence-electron chi connectivity index (χ4n) is 3.04. The van der Waals surface area contributed by atoms with Crippen molar-refractivity contribution in [3.8, 4) is 0 Å². The molecule has 1 N–H and O–H groups in total. The molecule has 0 unspecified atom stereocenters. The van der Waals surface area contributed by atoms with E-state index in [4.69, 9.17) is 16.3 Å². The van der Waals surface area contributed by atoms with Gasteiger partial charge in [0.05, 0.1) is 10.6 Å². The molecule has 4 nitrogen and oxygen atoms in total. The molecule has 1 aromatic carbocycles. The second-order valence-corrected chi connectivity index (χ2v) is 7.08. The van der Waals surface area contributed by atoms with Crippen molar-refractivity contribution < 1.29 is 23.1 Å². The van der Waals surface area contributed by atoms with Crippen molar-refractivity contribution in [2.45, 2.75) is 52.2 Å². The van der Waals surface area contributed by atoms with Crippen LogP contribution in [0.4, 0.5) is 8.78 Å². The third kappa shape index (κ3) is 4.69. The molecule has 0 saturated heterocycles. The van der Waals surface area contributed by atoms with E-state index in [1.165, 1.54) is 6.92 Å². The largest absolute Gasteiger partial charge is 0.449 e. The van der Waals surface area contributed by atoms with Gasteiger partial charge in [-0.25, -0.2) is 13.6 Å². The van der Waals surface area contributed by atoms with Gasteiger partial charge in [0, 0.05) is 6.04 Å². The van der Waals surface area contributed by atoms with E-state index in [0.717, 1.165) is 19.3 Å². The van der Waals surface area contributed by atoms with Gasteiger partial charge in [-0.15, -0.1) is 0 Å². The molecule has 0 aromatic heterocycles. The van der Waals surface area contributed by atoms with Gasteiger partial charge in [-0.3, -0.25) is 4.79 Å². The minimum absolute atomic E-state index is 0.0317. The molecular weight excluding hydrogens is 352 g/mol. The Morgan fingerprint density at radius 3 is 2.56 bits per heavy atom. The van der Waals surface area contributed by atoms with Crippen molar-refractivity contribution >= 4 is 23.5 Å². The summed E-state index contributed by atoms with van der Waals surface area (Å²) in [7, 11) is 0. The number of ether oxygens (including phenoxy) is 1. The normalized spacial score (nSPS) is 24.5. The lowest BCUT2D eigenvalue weighted by Crippen LogP contribution is -2.47. The SMILES string of the molecule is C[C@@H]1[C@@H](C)CCC[C@H]1NC(=O)[C@@H](C)OC(=O)c1cc(F)c(F)cc1Cl. The first-order chi connectivity index (χ1) is 11.7.